The topological polar surface area (TPSA) is 292 Å². The maximum absolute atomic E-state index is 12.6. The Bertz CT molecular complexity index is 6510. The van der Waals surface area contributed by atoms with Gasteiger partial charge in [-0.3, -0.25) is 19.2 Å². The third-order valence-electron chi connectivity index (χ3n) is 20.8. The SMILES string of the molecule is COc1cc(/C=C\c2cc(Br)c(OC)c(N/C=C\C(=O)c3ccccc3)c2)cc(OC)c1OC.COc1ccc(C(=O)/C=C\Nc2cc(/C=C\c3cc(OC)c(OC)c(OC)c3)cc(Br)c2OC)cc1.COc1cccc(C(=O)/C=C\Nc2cc(/C=C\c3cc(OC)c(OC)c(OC)c3)cc(Br)c2OC)c1.COc1ccccc1C(=O)/C=C\Nc1cc(/C=C\c2cc(OC)c(OC)c(OC)c2)cc(Br)c1OC. The molecule has 142 heavy (non-hydrogen) atoms. The first-order valence-corrected chi connectivity index (χ1v) is 46.3. The molecule has 0 aliphatic rings. The maximum Gasteiger partial charge on any atom is 0.203 e. The largest absolute Gasteiger partial charge is 0.497 e. The van der Waals surface area contributed by atoms with Gasteiger partial charge in [-0.25, -0.2) is 0 Å². The van der Waals surface area contributed by atoms with Crippen LogP contribution in [0.5, 0.6) is 109 Å². The van der Waals surface area contributed by atoms with Gasteiger partial charge in [0.1, 0.15) is 17.2 Å². The molecule has 0 aliphatic heterocycles. The predicted molar refractivity (Wildman–Crippen MR) is 577 cm³/mol. The number of methoxy groups -OCH3 is 19. The van der Waals surface area contributed by atoms with E-state index in [2.05, 4.69) is 85.0 Å². The Morgan fingerprint density at radius 2 is 0.444 bits per heavy atom. The second-order valence-electron chi connectivity index (χ2n) is 29.4. The first-order chi connectivity index (χ1) is 68.8. The number of ether oxygens (including phenoxy) is 19. The van der Waals surface area contributed by atoms with Gasteiger partial charge in [0.05, 0.1) is 181 Å². The van der Waals surface area contributed by atoms with E-state index in [1.54, 1.807) is 232 Å². The van der Waals surface area contributed by atoms with Crippen molar-refractivity contribution in [1.82, 2.24) is 0 Å². The molecule has 740 valence electrons. The van der Waals surface area contributed by atoms with Crippen LogP contribution in [0.25, 0.3) is 48.6 Å². The molecule has 12 aromatic carbocycles. The predicted octanol–water partition coefficient (Wildman–Crippen LogP) is 25.9. The zero-order chi connectivity index (χ0) is 103. The minimum absolute atomic E-state index is 0.0930. The number of hydrogen-bond donors (Lipinski definition) is 4. The number of allylic oxidation sites excluding steroid dienone is 4. The molecule has 12 aromatic rings. The van der Waals surface area contributed by atoms with Crippen LogP contribution in [0.2, 0.25) is 0 Å². The van der Waals surface area contributed by atoms with Gasteiger partial charge < -0.3 is 111 Å². The number of carbonyl (C=O) groups excluding carboxylic acids is 4. The van der Waals surface area contributed by atoms with E-state index in [-0.39, 0.29) is 23.1 Å². The summed E-state index contributed by atoms with van der Waals surface area (Å²) in [5.41, 5.74) is 12.0. The van der Waals surface area contributed by atoms with Crippen LogP contribution in [0.1, 0.15) is 85.9 Å². The highest BCUT2D eigenvalue weighted by Gasteiger charge is 2.21. The van der Waals surface area contributed by atoms with Crippen LogP contribution >= 0.6 is 63.7 Å². The van der Waals surface area contributed by atoms with Crippen molar-refractivity contribution >= 4 is 158 Å². The van der Waals surface area contributed by atoms with E-state index in [0.717, 1.165) is 62.4 Å². The zero-order valence-corrected chi connectivity index (χ0v) is 88.0. The molecule has 0 aliphatic carbocycles. The van der Waals surface area contributed by atoms with E-state index in [0.29, 0.717) is 154 Å². The van der Waals surface area contributed by atoms with Crippen LogP contribution in [0.3, 0.4) is 0 Å². The Hall–Kier alpha value is -15.4. The van der Waals surface area contributed by atoms with Crippen LogP contribution in [0, 0.1) is 0 Å². The summed E-state index contributed by atoms with van der Waals surface area (Å²) in [6.45, 7) is 0. The number of rotatable bonds is 43. The first kappa shape index (κ1) is 110. The van der Waals surface area contributed by atoms with Gasteiger partial charge in [-0.1, -0.05) is 103 Å². The molecular weight excluding hydrogens is 2080 g/mol. The highest BCUT2D eigenvalue weighted by Crippen LogP contribution is 2.46. The van der Waals surface area contributed by atoms with Crippen LogP contribution in [0.4, 0.5) is 22.7 Å². The molecule has 0 amide bonds. The molecule has 4 N–H and O–H groups in total. The molecule has 0 spiro atoms. The van der Waals surface area contributed by atoms with E-state index < -0.39 is 0 Å². The standard InChI is InChI=1S/3C28H28BrNO6.C27H26BrNO5/c1-32-21-10-8-20(9-11-21)24(31)12-13-30-23-15-18(14-22(29)27(23)35-4)6-7-19-16-25(33-2)28(36-5)26(17-19)34-3;1-32-21-8-6-7-20(17-21)24(31)11-12-30-23-14-18(13-22(29)27(23)35-4)9-10-19-15-25(33-2)28(36-5)26(16-19)34-3;1-32-24-9-7-6-8-20(24)23(31)12-13-30-22-15-18(14-21(29)27(22)35-4)10-11-19-16-25(33-2)28(36-5)26(17-19)34-3;1-31-24-16-19(17-25(32-2)27(24)34-4)11-10-18-14-21(28)26(33-3)22(15-18)29-13-12-23(30)20-8-6-5-7-9-20/h3*6-17,30H,1-5H3;5-17,29H,1-4H3/b7-6-,13-12-;10-9-,12-11-;2*11-10-,13-12-. The summed E-state index contributed by atoms with van der Waals surface area (Å²) in [6, 6.07) is 60.4. The van der Waals surface area contributed by atoms with Crippen LogP contribution in [0.15, 0.2) is 267 Å². The van der Waals surface area contributed by atoms with Crippen molar-refractivity contribution in [3.8, 4) is 109 Å². The van der Waals surface area contributed by atoms with Gasteiger partial charge in [-0.15, -0.1) is 0 Å². The average Bonchev–Trinajstić information content (AvgIpc) is 0.826. The fourth-order valence-corrected chi connectivity index (χ4v) is 16.4. The van der Waals surface area contributed by atoms with E-state index in [1.807, 2.05) is 170 Å². The van der Waals surface area contributed by atoms with Crippen molar-refractivity contribution in [2.45, 2.75) is 0 Å². The van der Waals surface area contributed by atoms with E-state index >= 15 is 0 Å². The van der Waals surface area contributed by atoms with E-state index in [4.69, 9.17) is 90.0 Å². The number of ketones is 4. The van der Waals surface area contributed by atoms with E-state index in [9.17, 15) is 19.2 Å². The second-order valence-corrected chi connectivity index (χ2v) is 32.8. The van der Waals surface area contributed by atoms with Crippen molar-refractivity contribution in [1.29, 1.82) is 0 Å². The third-order valence-corrected chi connectivity index (χ3v) is 23.1. The Kier molecular flexibility index (Phi) is 43.9. The second kappa shape index (κ2) is 56.6. The number of carbonyl (C=O) groups is 4. The lowest BCUT2D eigenvalue weighted by atomic mass is 10.1. The molecule has 0 radical (unpaired) electrons. The lowest BCUT2D eigenvalue weighted by Gasteiger charge is -2.13. The fraction of sp³-hybridized carbons (Fsp3) is 0.171. The molecule has 27 nitrogen and oxygen atoms in total. The number of benzene rings is 12. The number of hydrogen-bond acceptors (Lipinski definition) is 27. The molecule has 0 aromatic heterocycles. The Morgan fingerprint density at radius 3 is 0.711 bits per heavy atom. The average molecular weight is 2190 g/mol. The quantitative estimate of drug-likeness (QED) is 0.0157. The molecule has 31 heteroatoms. The molecule has 0 heterocycles. The summed E-state index contributed by atoms with van der Waals surface area (Å²) < 4.78 is 106. The zero-order valence-electron chi connectivity index (χ0n) is 81.7. The fourth-order valence-electron chi connectivity index (χ4n) is 13.9. The number of para-hydroxylation sites is 1. The summed E-state index contributed by atoms with van der Waals surface area (Å²) in [4.78, 5) is 50.0. The van der Waals surface area contributed by atoms with Gasteiger partial charge in [0.25, 0.3) is 0 Å². The molecule has 0 saturated heterocycles. The Balaban J connectivity index is 0.000000211. The molecule has 0 bridgehead atoms. The van der Waals surface area contributed by atoms with Gasteiger partial charge in [-0.05, 0) is 254 Å². The molecular formula is C111H110Br4N4O23. The summed E-state index contributed by atoms with van der Waals surface area (Å²) in [6.07, 6.45) is 27.7. The number of nitrogens with one attached hydrogen (secondary N) is 4. The summed E-state index contributed by atoms with van der Waals surface area (Å²) in [5.74, 6) is 10.4. The lowest BCUT2D eigenvalue weighted by molar-refractivity contribution is 0.103. The maximum atomic E-state index is 12.6. The Morgan fingerprint density at radius 1 is 0.204 bits per heavy atom. The molecule has 0 saturated carbocycles. The smallest absolute Gasteiger partial charge is 0.203 e. The molecule has 0 atom stereocenters. The molecule has 0 unspecified atom stereocenters. The van der Waals surface area contributed by atoms with Gasteiger partial charge >= 0.3 is 0 Å². The monoisotopic (exact) mass is 2180 g/mol. The van der Waals surface area contributed by atoms with Crippen molar-refractivity contribution in [2.24, 2.45) is 0 Å². The molecule has 12 rings (SSSR count). The third kappa shape index (κ3) is 30.5. The lowest BCUT2D eigenvalue weighted by Crippen LogP contribution is -2.00. The van der Waals surface area contributed by atoms with Crippen molar-refractivity contribution in [2.75, 3.05) is 156 Å². The highest BCUT2D eigenvalue weighted by atomic mass is 79.9. The minimum atomic E-state index is -0.184. The van der Waals surface area contributed by atoms with Crippen LogP contribution in [-0.2, 0) is 0 Å². The highest BCUT2D eigenvalue weighted by molar-refractivity contribution is 9.11. The van der Waals surface area contributed by atoms with Crippen LogP contribution < -0.4 is 111 Å². The van der Waals surface area contributed by atoms with E-state index in [1.165, 1.54) is 31.4 Å². The number of anilines is 4. The van der Waals surface area contributed by atoms with Gasteiger partial charge in [0.2, 0.25) is 23.0 Å². The minimum Gasteiger partial charge on any atom is -0.497 e. The van der Waals surface area contributed by atoms with Crippen molar-refractivity contribution in [3.05, 3.63) is 334 Å². The van der Waals surface area contributed by atoms with Crippen LogP contribution in [-0.4, -0.2) is 158 Å². The van der Waals surface area contributed by atoms with Gasteiger partial charge in [0, 0.05) is 65.8 Å². The molecule has 0 fully saturated rings. The number of halogens is 4. The first-order valence-electron chi connectivity index (χ1n) is 43.1. The van der Waals surface area contributed by atoms with Gasteiger partial charge in [0.15, 0.2) is 92.1 Å². The van der Waals surface area contributed by atoms with Crippen molar-refractivity contribution < 1.29 is 109 Å². The normalized spacial score (nSPS) is 11.0. The summed E-state index contributed by atoms with van der Waals surface area (Å²) >= 11 is 14.2. The summed E-state index contributed by atoms with van der Waals surface area (Å²) in [5, 5.41) is 12.6. The van der Waals surface area contributed by atoms with Crippen molar-refractivity contribution in [3.63, 3.8) is 0 Å². The Labute approximate surface area is 860 Å². The van der Waals surface area contributed by atoms with Gasteiger partial charge in [-0.2, -0.15) is 0 Å². The summed E-state index contributed by atoms with van der Waals surface area (Å²) in [7, 11) is 29.9.